The van der Waals surface area contributed by atoms with Crippen LogP contribution in [-0.4, -0.2) is 64.2 Å². The Labute approximate surface area is 278 Å². The van der Waals surface area contributed by atoms with E-state index in [2.05, 4.69) is 29.7 Å². The summed E-state index contributed by atoms with van der Waals surface area (Å²) in [6.07, 6.45) is -5.32. The van der Waals surface area contributed by atoms with Crippen LogP contribution in [0.4, 0.5) is 22.0 Å². The van der Waals surface area contributed by atoms with Crippen LogP contribution >= 0.6 is 0 Å². The number of hydrogen-bond acceptors (Lipinski definition) is 6. The van der Waals surface area contributed by atoms with Crippen molar-refractivity contribution >= 4 is 36.4 Å². The Morgan fingerprint density at radius 1 is 1.19 bits per heavy atom. The predicted molar refractivity (Wildman–Crippen MR) is 175 cm³/mol. The summed E-state index contributed by atoms with van der Waals surface area (Å²) < 4.78 is 95.5. The Balaban J connectivity index is 1.67. The number of nitrogens with zero attached hydrogens (tertiary/aromatic N) is 2. The van der Waals surface area contributed by atoms with Crippen LogP contribution in [0.1, 0.15) is 83.3 Å². The van der Waals surface area contributed by atoms with Crippen LogP contribution in [0.3, 0.4) is 0 Å². The summed E-state index contributed by atoms with van der Waals surface area (Å²) in [6, 6.07) is 5.13. The number of fused-ring (bicyclic) bond motifs is 1. The molecule has 2 N–H and O–H groups in total. The van der Waals surface area contributed by atoms with Gasteiger partial charge >= 0.3 is 6.18 Å². The number of benzene rings is 1. The van der Waals surface area contributed by atoms with Gasteiger partial charge in [-0.2, -0.15) is 13.2 Å². The summed E-state index contributed by atoms with van der Waals surface area (Å²) in [7, 11) is -1.43. The Hall–Kier alpha value is -1.78. The highest BCUT2D eigenvalue weighted by molar-refractivity contribution is 7.90. The van der Waals surface area contributed by atoms with Gasteiger partial charge in [-0.3, -0.25) is 4.79 Å². The molecule has 4 atom stereocenters. The lowest BCUT2D eigenvalue weighted by Gasteiger charge is -2.34. The van der Waals surface area contributed by atoms with E-state index in [0.29, 0.717) is 23.5 Å². The molecule has 1 aromatic heterocycles. The van der Waals surface area contributed by atoms with E-state index in [0.717, 1.165) is 31.4 Å². The molecular weight excluding hydrogens is 660 g/mol. The standard InChI is InChI=1S/C32H49F5N4O4SSi/c1-20(32(35,36)37)45-18-25(40-46(43)30(2,3)4)29-38-24-11-10-23(15-26(24)41(29)19-44-12-13-47(5,6)7)28(22-8-9-22)39-27(42)14-21-16-31(33,34)17-21/h10-11,15,20-22,25,28,40H,8-9,12-14,16-19H2,1-7H3,(H,39,42)/t20?,25-,28+,46?/m0/s1. The molecule has 0 radical (unpaired) electrons. The summed E-state index contributed by atoms with van der Waals surface area (Å²) in [6.45, 7) is 12.9. The Morgan fingerprint density at radius 3 is 2.40 bits per heavy atom. The highest BCUT2D eigenvalue weighted by atomic mass is 32.2. The molecule has 0 bridgehead atoms. The van der Waals surface area contributed by atoms with Crippen LogP contribution in [0, 0.1) is 11.8 Å². The summed E-state index contributed by atoms with van der Waals surface area (Å²) in [5.41, 5.74) is 2.00. The van der Waals surface area contributed by atoms with Crippen LogP contribution in [-0.2, 0) is 32.4 Å². The van der Waals surface area contributed by atoms with Gasteiger partial charge in [-0.25, -0.2) is 13.8 Å². The van der Waals surface area contributed by atoms with Crippen LogP contribution < -0.4 is 10.0 Å². The highest BCUT2D eigenvalue weighted by Crippen LogP contribution is 2.45. The molecule has 2 unspecified atom stereocenters. The number of imidazole rings is 1. The van der Waals surface area contributed by atoms with E-state index in [1.54, 1.807) is 31.4 Å². The maximum absolute atomic E-state index is 13.4. The van der Waals surface area contributed by atoms with E-state index in [1.165, 1.54) is 0 Å². The van der Waals surface area contributed by atoms with Gasteiger partial charge in [0.05, 0.1) is 23.7 Å². The zero-order valence-electron chi connectivity index (χ0n) is 28.3. The van der Waals surface area contributed by atoms with E-state index in [1.807, 2.05) is 12.1 Å². The molecule has 0 spiro atoms. The fourth-order valence-corrected chi connectivity index (χ4v) is 6.96. The molecule has 2 aromatic rings. The first-order valence-corrected chi connectivity index (χ1v) is 21.1. The van der Waals surface area contributed by atoms with Gasteiger partial charge in [0.2, 0.25) is 11.8 Å². The molecule has 0 aliphatic heterocycles. The number of rotatable bonds is 16. The van der Waals surface area contributed by atoms with Gasteiger partial charge in [0.15, 0.2) is 6.10 Å². The van der Waals surface area contributed by atoms with Gasteiger partial charge in [-0.05, 0) is 76.1 Å². The summed E-state index contributed by atoms with van der Waals surface area (Å²) in [5, 5.41) is 3.07. The first-order valence-electron chi connectivity index (χ1n) is 16.2. The third-order valence-electron chi connectivity index (χ3n) is 8.53. The molecule has 2 fully saturated rings. The van der Waals surface area contributed by atoms with Crippen LogP contribution in [0.5, 0.6) is 0 Å². The number of ether oxygens (including phenoxy) is 2. The number of carbonyl (C=O) groups excluding carboxylic acids is 1. The molecular formula is C32H49F5N4O4SSi. The van der Waals surface area contributed by atoms with Crippen molar-refractivity contribution in [1.29, 1.82) is 0 Å². The van der Waals surface area contributed by atoms with Gasteiger partial charge in [0.1, 0.15) is 23.3 Å². The average Bonchev–Trinajstić information content (AvgIpc) is 3.70. The van der Waals surface area contributed by atoms with E-state index >= 15 is 0 Å². The number of alkyl halides is 5. The van der Waals surface area contributed by atoms with Crippen molar-refractivity contribution in [2.75, 3.05) is 13.2 Å². The van der Waals surface area contributed by atoms with Crippen LogP contribution in [0.25, 0.3) is 11.0 Å². The Bertz CT molecular complexity index is 1370. The molecule has 1 amide bonds. The van der Waals surface area contributed by atoms with Crippen molar-refractivity contribution in [3.05, 3.63) is 29.6 Å². The molecule has 1 heterocycles. The minimum absolute atomic E-state index is 0.0443. The first-order chi connectivity index (χ1) is 21.6. The molecule has 15 heteroatoms. The third-order valence-corrected chi connectivity index (χ3v) is 11.8. The fourth-order valence-electron chi connectivity index (χ4n) is 5.42. The second-order valence-electron chi connectivity index (χ2n) is 15.3. The maximum Gasteiger partial charge on any atom is 0.414 e. The van der Waals surface area contributed by atoms with E-state index in [4.69, 9.17) is 14.5 Å². The lowest BCUT2D eigenvalue weighted by atomic mass is 9.79. The molecule has 266 valence electrons. The molecule has 2 aliphatic rings. The number of aromatic nitrogens is 2. The molecule has 4 rings (SSSR count). The fraction of sp³-hybridized carbons (Fsp3) is 0.750. The van der Waals surface area contributed by atoms with Gasteiger partial charge < -0.3 is 23.9 Å². The number of nitrogens with one attached hydrogen (secondary N) is 2. The Kier molecular flexibility index (Phi) is 11.8. The number of halogens is 5. The van der Waals surface area contributed by atoms with Crippen LogP contribution in [0.15, 0.2) is 18.2 Å². The van der Waals surface area contributed by atoms with E-state index < -0.39 is 55.0 Å². The second kappa shape index (κ2) is 14.6. The number of carbonyl (C=O) groups is 1. The maximum atomic E-state index is 13.4. The highest BCUT2D eigenvalue weighted by Gasteiger charge is 2.46. The van der Waals surface area contributed by atoms with Crippen molar-refractivity contribution in [2.24, 2.45) is 11.8 Å². The van der Waals surface area contributed by atoms with Crippen molar-refractivity contribution in [3.8, 4) is 0 Å². The molecule has 1 aromatic carbocycles. The largest absolute Gasteiger partial charge is 0.598 e. The number of amides is 1. The lowest BCUT2D eigenvalue weighted by molar-refractivity contribution is -0.215. The molecule has 47 heavy (non-hydrogen) atoms. The summed E-state index contributed by atoms with van der Waals surface area (Å²) in [4.78, 5) is 17.7. The average molecular weight is 709 g/mol. The van der Waals surface area contributed by atoms with Gasteiger partial charge in [-0.1, -0.05) is 25.7 Å². The zero-order chi connectivity index (χ0) is 34.9. The Morgan fingerprint density at radius 2 is 1.85 bits per heavy atom. The van der Waals surface area contributed by atoms with Gasteiger partial charge in [0.25, 0.3) is 0 Å². The topological polar surface area (TPSA) is 100 Å². The van der Waals surface area contributed by atoms with Crippen molar-refractivity contribution in [1.82, 2.24) is 19.6 Å². The molecule has 8 nitrogen and oxygen atoms in total. The monoisotopic (exact) mass is 708 g/mol. The van der Waals surface area contributed by atoms with Crippen molar-refractivity contribution < 1.29 is 40.8 Å². The van der Waals surface area contributed by atoms with Gasteiger partial charge in [-0.15, -0.1) is 4.72 Å². The van der Waals surface area contributed by atoms with E-state index in [-0.39, 0.29) is 49.8 Å². The molecule has 2 saturated carbocycles. The minimum atomic E-state index is -4.58. The third kappa shape index (κ3) is 10.9. The zero-order valence-corrected chi connectivity index (χ0v) is 30.1. The van der Waals surface area contributed by atoms with Crippen molar-refractivity contribution in [3.63, 3.8) is 0 Å². The molecule has 0 saturated heterocycles. The minimum Gasteiger partial charge on any atom is -0.598 e. The smallest absolute Gasteiger partial charge is 0.414 e. The van der Waals surface area contributed by atoms with Crippen molar-refractivity contribution in [2.45, 2.75) is 127 Å². The first kappa shape index (κ1) is 38.0. The number of hydrogen-bond donors (Lipinski definition) is 2. The molecule has 2 aliphatic carbocycles. The predicted octanol–water partition coefficient (Wildman–Crippen LogP) is 7.41. The normalized spacial score (nSPS) is 20.1. The quantitative estimate of drug-likeness (QED) is 0.0816. The summed E-state index contributed by atoms with van der Waals surface area (Å²) in [5.74, 6) is -2.79. The van der Waals surface area contributed by atoms with Crippen LogP contribution in [0.2, 0.25) is 25.7 Å². The van der Waals surface area contributed by atoms with E-state index in [9.17, 15) is 31.3 Å². The summed E-state index contributed by atoms with van der Waals surface area (Å²) >= 11 is -1.67. The lowest BCUT2D eigenvalue weighted by Crippen LogP contribution is -2.44. The van der Waals surface area contributed by atoms with Gasteiger partial charge in [0, 0.05) is 45.3 Å². The second-order valence-corrected chi connectivity index (χ2v) is 22.9. The SMILES string of the molecule is CC(OC[C@H](N[S+]([O-])C(C)(C)C)c1nc2ccc([C@H](NC(=O)CC3CC(F)(F)C3)C3CC3)cc2n1COCC[Si](C)(C)C)C(F)(F)F.